The molecule has 6 heteroatoms. The first kappa shape index (κ1) is 10.9. The zero-order valence-electron chi connectivity index (χ0n) is 8.35. The third-order valence-electron chi connectivity index (χ3n) is 1.26. The van der Waals surface area contributed by atoms with Crippen LogP contribution in [0, 0.1) is 0 Å². The van der Waals surface area contributed by atoms with Gasteiger partial charge in [-0.1, -0.05) is 0 Å². The molecule has 0 spiro atoms. The van der Waals surface area contributed by atoms with Crippen LogP contribution in [0.25, 0.3) is 0 Å². The second-order valence-electron chi connectivity index (χ2n) is 3.70. The summed E-state index contributed by atoms with van der Waals surface area (Å²) in [5, 5.41) is 2.56. The van der Waals surface area contributed by atoms with Crippen LogP contribution in [-0.4, -0.2) is 16.7 Å². The van der Waals surface area contributed by atoms with Crippen molar-refractivity contribution in [1.29, 1.82) is 0 Å². The van der Waals surface area contributed by atoms with Crippen molar-refractivity contribution in [1.82, 2.24) is 4.98 Å². The van der Waals surface area contributed by atoms with Gasteiger partial charge in [0.25, 0.3) is 0 Å². The van der Waals surface area contributed by atoms with Crippen LogP contribution in [-0.2, 0) is 4.74 Å². The van der Waals surface area contributed by atoms with Gasteiger partial charge >= 0.3 is 6.09 Å². The van der Waals surface area contributed by atoms with Gasteiger partial charge in [-0.05, 0) is 20.8 Å². The number of hydrazine groups is 1. The Morgan fingerprint density at radius 2 is 2.29 bits per heavy atom. The Bertz CT molecular complexity index is 305. The van der Waals surface area contributed by atoms with Gasteiger partial charge in [-0.3, -0.25) is 0 Å². The monoisotopic (exact) mass is 215 g/mol. The van der Waals surface area contributed by atoms with E-state index in [9.17, 15) is 4.79 Å². The van der Waals surface area contributed by atoms with Crippen molar-refractivity contribution in [3.05, 3.63) is 10.9 Å². The lowest BCUT2D eigenvalue weighted by Gasteiger charge is -2.22. The summed E-state index contributed by atoms with van der Waals surface area (Å²) in [5.41, 5.74) is 1.05. The SMILES string of the molecule is CC(C)(C)OC(=O)N(N)c1cscn1. The third kappa shape index (κ3) is 2.97. The molecule has 0 bridgehead atoms. The Morgan fingerprint density at radius 1 is 1.64 bits per heavy atom. The predicted octanol–water partition coefficient (Wildman–Crippen LogP) is 1.76. The highest BCUT2D eigenvalue weighted by Crippen LogP contribution is 2.14. The number of anilines is 1. The van der Waals surface area contributed by atoms with Crippen molar-refractivity contribution in [2.45, 2.75) is 26.4 Å². The summed E-state index contributed by atoms with van der Waals surface area (Å²) < 4.78 is 5.05. The lowest BCUT2D eigenvalue weighted by molar-refractivity contribution is 0.0579. The molecule has 0 aromatic carbocycles. The van der Waals surface area contributed by atoms with Crippen molar-refractivity contribution >= 4 is 23.2 Å². The molecule has 1 aromatic rings. The maximum absolute atomic E-state index is 11.4. The predicted molar refractivity (Wildman–Crippen MR) is 55.0 cm³/mol. The van der Waals surface area contributed by atoms with Crippen LogP contribution in [0.3, 0.4) is 0 Å². The average Bonchev–Trinajstić information content (AvgIpc) is 2.51. The van der Waals surface area contributed by atoms with Gasteiger partial charge in [0, 0.05) is 5.38 Å². The molecule has 78 valence electrons. The maximum Gasteiger partial charge on any atom is 0.430 e. The number of carbonyl (C=O) groups is 1. The molecule has 0 aliphatic heterocycles. The maximum atomic E-state index is 11.4. The molecule has 1 amide bonds. The molecule has 0 saturated heterocycles. The topological polar surface area (TPSA) is 68.5 Å². The third-order valence-corrected chi connectivity index (χ3v) is 1.83. The van der Waals surface area contributed by atoms with Crippen molar-refractivity contribution in [3.63, 3.8) is 0 Å². The fourth-order valence-electron chi connectivity index (χ4n) is 0.730. The Kier molecular flexibility index (Phi) is 3.07. The van der Waals surface area contributed by atoms with Gasteiger partial charge in [-0.25, -0.2) is 15.6 Å². The molecule has 1 aromatic heterocycles. The fourth-order valence-corrected chi connectivity index (χ4v) is 1.26. The lowest BCUT2D eigenvalue weighted by atomic mass is 10.2. The Morgan fingerprint density at radius 3 is 2.71 bits per heavy atom. The molecular formula is C8H13N3O2S. The number of thiazole rings is 1. The van der Waals surface area contributed by atoms with Gasteiger partial charge in [-0.2, -0.15) is 5.01 Å². The highest BCUT2D eigenvalue weighted by Gasteiger charge is 2.21. The number of hydrogen-bond acceptors (Lipinski definition) is 5. The van der Waals surface area contributed by atoms with E-state index in [1.54, 1.807) is 31.7 Å². The summed E-state index contributed by atoms with van der Waals surface area (Å²) in [6, 6.07) is 0. The van der Waals surface area contributed by atoms with Crippen molar-refractivity contribution in [3.8, 4) is 0 Å². The summed E-state index contributed by atoms with van der Waals surface area (Å²) in [5.74, 6) is 5.89. The van der Waals surface area contributed by atoms with Gasteiger partial charge in [-0.15, -0.1) is 11.3 Å². The second kappa shape index (κ2) is 3.93. The standard InChI is InChI=1S/C8H13N3O2S/c1-8(2,3)13-7(12)11(9)6-4-14-5-10-6/h4-5H,9H2,1-3H3. The van der Waals surface area contributed by atoms with E-state index in [4.69, 9.17) is 10.6 Å². The van der Waals surface area contributed by atoms with E-state index in [0.717, 1.165) is 5.01 Å². The smallest absolute Gasteiger partial charge is 0.430 e. The summed E-state index contributed by atoms with van der Waals surface area (Å²) in [6.07, 6.45) is -0.608. The molecule has 5 nitrogen and oxygen atoms in total. The minimum absolute atomic E-state index is 0.393. The number of nitrogens with two attached hydrogens (primary N) is 1. The van der Waals surface area contributed by atoms with E-state index in [1.807, 2.05) is 0 Å². The highest BCUT2D eigenvalue weighted by molar-refractivity contribution is 7.07. The first-order valence-electron chi connectivity index (χ1n) is 4.06. The largest absolute Gasteiger partial charge is 0.442 e. The van der Waals surface area contributed by atoms with E-state index in [-0.39, 0.29) is 0 Å². The van der Waals surface area contributed by atoms with Crippen LogP contribution in [0.4, 0.5) is 10.6 Å². The van der Waals surface area contributed by atoms with Crippen LogP contribution in [0.15, 0.2) is 10.9 Å². The van der Waals surface area contributed by atoms with Gasteiger partial charge in [0.1, 0.15) is 5.60 Å². The number of carbonyl (C=O) groups excluding carboxylic acids is 1. The van der Waals surface area contributed by atoms with Gasteiger partial charge < -0.3 is 4.74 Å². The molecule has 0 aliphatic carbocycles. The Hall–Kier alpha value is -1.14. The van der Waals surface area contributed by atoms with Crippen LogP contribution in [0.5, 0.6) is 0 Å². The minimum Gasteiger partial charge on any atom is -0.442 e. The molecule has 0 radical (unpaired) electrons. The van der Waals surface area contributed by atoms with Gasteiger partial charge in [0.05, 0.1) is 5.51 Å². The van der Waals surface area contributed by atoms with Crippen molar-refractivity contribution in [2.75, 3.05) is 5.01 Å². The normalized spacial score (nSPS) is 11.1. The van der Waals surface area contributed by atoms with Crippen LogP contribution >= 0.6 is 11.3 Å². The van der Waals surface area contributed by atoms with E-state index < -0.39 is 11.7 Å². The number of amides is 1. The molecule has 0 aliphatic rings. The van der Waals surface area contributed by atoms with Crippen LogP contribution in [0.2, 0.25) is 0 Å². The first-order valence-corrected chi connectivity index (χ1v) is 5.00. The minimum atomic E-state index is -0.608. The summed E-state index contributed by atoms with van der Waals surface area (Å²) in [4.78, 5) is 15.3. The van der Waals surface area contributed by atoms with Crippen molar-refractivity contribution in [2.24, 2.45) is 5.84 Å². The lowest BCUT2D eigenvalue weighted by Crippen LogP contribution is -2.41. The number of nitrogens with zero attached hydrogens (tertiary/aromatic N) is 2. The molecular weight excluding hydrogens is 202 g/mol. The van der Waals surface area contributed by atoms with E-state index in [1.165, 1.54) is 11.3 Å². The number of ether oxygens (including phenoxy) is 1. The summed E-state index contributed by atoms with van der Waals surface area (Å²) in [6.45, 7) is 5.33. The van der Waals surface area contributed by atoms with E-state index in [0.29, 0.717) is 5.82 Å². The summed E-state index contributed by atoms with van der Waals surface area (Å²) in [7, 11) is 0. The Balaban J connectivity index is 2.63. The quantitative estimate of drug-likeness (QED) is 0.440. The number of hydrogen-bond donors (Lipinski definition) is 1. The molecule has 0 fully saturated rings. The molecule has 0 atom stereocenters. The summed E-state index contributed by atoms with van der Waals surface area (Å²) >= 11 is 1.36. The van der Waals surface area contributed by atoms with E-state index >= 15 is 0 Å². The molecule has 0 unspecified atom stereocenters. The van der Waals surface area contributed by atoms with Gasteiger partial charge in [0.15, 0.2) is 5.82 Å². The molecule has 2 N–H and O–H groups in total. The van der Waals surface area contributed by atoms with Gasteiger partial charge in [0.2, 0.25) is 0 Å². The fraction of sp³-hybridized carbons (Fsp3) is 0.500. The molecule has 14 heavy (non-hydrogen) atoms. The van der Waals surface area contributed by atoms with Crippen molar-refractivity contribution < 1.29 is 9.53 Å². The van der Waals surface area contributed by atoms with Crippen LogP contribution < -0.4 is 10.9 Å². The number of aromatic nitrogens is 1. The molecule has 1 heterocycles. The Labute approximate surface area is 86.5 Å². The zero-order chi connectivity index (χ0) is 10.8. The molecule has 1 rings (SSSR count). The van der Waals surface area contributed by atoms with E-state index in [2.05, 4.69) is 4.98 Å². The highest BCUT2D eigenvalue weighted by atomic mass is 32.1. The second-order valence-corrected chi connectivity index (χ2v) is 4.42. The van der Waals surface area contributed by atoms with Crippen LogP contribution in [0.1, 0.15) is 20.8 Å². The zero-order valence-corrected chi connectivity index (χ0v) is 9.17. The number of rotatable bonds is 1. The average molecular weight is 215 g/mol. The molecule has 0 saturated carbocycles. The first-order chi connectivity index (χ1) is 6.40.